The highest BCUT2D eigenvalue weighted by Crippen LogP contribution is 2.36. The van der Waals surface area contributed by atoms with E-state index in [1.807, 2.05) is 42.2 Å². The fourth-order valence-corrected chi connectivity index (χ4v) is 6.13. The molecule has 2 aliphatic heterocycles. The summed E-state index contributed by atoms with van der Waals surface area (Å²) in [6.07, 6.45) is 3.16. The Balaban J connectivity index is 1.33. The number of nitrogens with one attached hydrogen (secondary N) is 1. The molecule has 0 bridgehead atoms. The fourth-order valence-electron chi connectivity index (χ4n) is 4.31. The molecule has 3 heterocycles. The van der Waals surface area contributed by atoms with Gasteiger partial charge >= 0.3 is 0 Å². The summed E-state index contributed by atoms with van der Waals surface area (Å²) in [5.74, 6) is 0.477. The van der Waals surface area contributed by atoms with E-state index in [1.165, 1.54) is 28.0 Å². The number of thiazole rings is 1. The van der Waals surface area contributed by atoms with Crippen LogP contribution in [0.3, 0.4) is 0 Å². The maximum atomic E-state index is 13.0. The molecule has 0 saturated carbocycles. The van der Waals surface area contributed by atoms with E-state index in [0.29, 0.717) is 23.0 Å². The van der Waals surface area contributed by atoms with Crippen LogP contribution in [-0.2, 0) is 9.59 Å². The molecular weight excluding hydrogens is 484 g/mol. The minimum Gasteiger partial charge on any atom is -0.494 e. The van der Waals surface area contributed by atoms with Crippen molar-refractivity contribution in [3.05, 3.63) is 42.0 Å². The third kappa shape index (κ3) is 5.13. The third-order valence-electron chi connectivity index (χ3n) is 6.01. The average Bonchev–Trinajstić information content (AvgIpc) is 3.27. The Labute approximate surface area is 211 Å². The van der Waals surface area contributed by atoms with Gasteiger partial charge in [0.1, 0.15) is 12.3 Å². The summed E-state index contributed by atoms with van der Waals surface area (Å²) < 4.78 is 6.44. The molecule has 0 atom stereocenters. The zero-order chi connectivity index (χ0) is 24.4. The van der Waals surface area contributed by atoms with E-state index in [0.717, 1.165) is 53.2 Å². The molecule has 1 aromatic heterocycles. The van der Waals surface area contributed by atoms with Crippen molar-refractivity contribution < 1.29 is 19.1 Å². The van der Waals surface area contributed by atoms with Gasteiger partial charge in [-0.05, 0) is 62.6 Å². The van der Waals surface area contributed by atoms with E-state index in [2.05, 4.69) is 10.3 Å². The summed E-state index contributed by atoms with van der Waals surface area (Å²) in [6, 6.07) is 11.0. The SMILES string of the molecule is CCOc1ccc2nc(NC(=O)CN3C(=O)CSc4ccc(C(=O)N5CCCCC5)cc43)sc2c1. The van der Waals surface area contributed by atoms with Crippen molar-refractivity contribution in [3.63, 3.8) is 0 Å². The van der Waals surface area contributed by atoms with Crippen molar-refractivity contribution in [3.8, 4) is 5.75 Å². The van der Waals surface area contributed by atoms with Gasteiger partial charge in [-0.15, -0.1) is 11.8 Å². The van der Waals surface area contributed by atoms with Crippen molar-refractivity contribution in [2.75, 3.05) is 42.2 Å². The number of fused-ring (bicyclic) bond motifs is 2. The Morgan fingerprint density at radius 2 is 1.94 bits per heavy atom. The highest BCUT2D eigenvalue weighted by Gasteiger charge is 2.29. The first-order valence-electron chi connectivity index (χ1n) is 11.7. The summed E-state index contributed by atoms with van der Waals surface area (Å²) in [7, 11) is 0. The molecule has 1 N–H and O–H groups in total. The molecule has 1 fully saturated rings. The number of nitrogens with zero attached hydrogens (tertiary/aromatic N) is 3. The summed E-state index contributed by atoms with van der Waals surface area (Å²) in [6.45, 7) is 3.86. The molecule has 5 rings (SSSR count). The molecule has 0 spiro atoms. The average molecular weight is 511 g/mol. The van der Waals surface area contributed by atoms with E-state index in [9.17, 15) is 14.4 Å². The van der Waals surface area contributed by atoms with Gasteiger partial charge in [0, 0.05) is 23.5 Å². The van der Waals surface area contributed by atoms with Gasteiger partial charge < -0.3 is 19.9 Å². The lowest BCUT2D eigenvalue weighted by Gasteiger charge is -2.30. The largest absolute Gasteiger partial charge is 0.494 e. The van der Waals surface area contributed by atoms with Crippen LogP contribution < -0.4 is 15.0 Å². The predicted molar refractivity (Wildman–Crippen MR) is 139 cm³/mol. The van der Waals surface area contributed by atoms with Crippen molar-refractivity contribution >= 4 is 61.9 Å². The summed E-state index contributed by atoms with van der Waals surface area (Å²) >= 11 is 2.78. The zero-order valence-corrected chi connectivity index (χ0v) is 21.0. The first-order chi connectivity index (χ1) is 17.0. The fraction of sp³-hybridized carbons (Fsp3) is 0.360. The molecule has 2 aromatic carbocycles. The smallest absolute Gasteiger partial charge is 0.253 e. The van der Waals surface area contributed by atoms with E-state index >= 15 is 0 Å². The summed E-state index contributed by atoms with van der Waals surface area (Å²) in [5.41, 5.74) is 1.92. The van der Waals surface area contributed by atoms with Crippen LogP contribution >= 0.6 is 23.1 Å². The molecule has 10 heteroatoms. The molecule has 0 radical (unpaired) electrons. The van der Waals surface area contributed by atoms with Crippen LogP contribution in [0.5, 0.6) is 5.75 Å². The minimum atomic E-state index is -0.340. The van der Waals surface area contributed by atoms with Crippen LogP contribution in [0.25, 0.3) is 10.2 Å². The molecule has 35 heavy (non-hydrogen) atoms. The van der Waals surface area contributed by atoms with Gasteiger partial charge in [0.15, 0.2) is 5.13 Å². The quantitative estimate of drug-likeness (QED) is 0.529. The van der Waals surface area contributed by atoms with Gasteiger partial charge in [-0.25, -0.2) is 4.98 Å². The number of amides is 3. The third-order valence-corrected chi connectivity index (χ3v) is 7.99. The number of thioether (sulfide) groups is 1. The Morgan fingerprint density at radius 3 is 2.74 bits per heavy atom. The molecule has 0 aliphatic carbocycles. The standard InChI is InChI=1S/C25H26N4O4S2/c1-2-33-17-7-8-18-21(13-17)35-25(26-18)27-22(30)14-29-19-12-16(6-9-20(19)34-15-23(29)31)24(32)28-10-4-3-5-11-28/h6-9,12-13H,2-5,10-11,14-15H2,1H3,(H,26,27,30). The first-order valence-corrected chi connectivity index (χ1v) is 13.5. The maximum Gasteiger partial charge on any atom is 0.253 e. The molecular formula is C25H26N4O4S2. The van der Waals surface area contributed by atoms with E-state index in [-0.39, 0.29) is 30.0 Å². The number of piperidine rings is 1. The van der Waals surface area contributed by atoms with E-state index < -0.39 is 0 Å². The second-order valence-electron chi connectivity index (χ2n) is 8.43. The number of likely N-dealkylation sites (tertiary alicyclic amines) is 1. The van der Waals surface area contributed by atoms with Gasteiger partial charge in [-0.2, -0.15) is 0 Å². The minimum absolute atomic E-state index is 0.0270. The van der Waals surface area contributed by atoms with Gasteiger partial charge in [-0.3, -0.25) is 14.4 Å². The lowest BCUT2D eigenvalue weighted by molar-refractivity contribution is -0.120. The van der Waals surface area contributed by atoms with Crippen LogP contribution in [0.4, 0.5) is 10.8 Å². The second-order valence-corrected chi connectivity index (χ2v) is 10.5. The monoisotopic (exact) mass is 510 g/mol. The highest BCUT2D eigenvalue weighted by molar-refractivity contribution is 8.00. The van der Waals surface area contributed by atoms with Gasteiger partial charge in [0.25, 0.3) is 5.91 Å². The zero-order valence-electron chi connectivity index (χ0n) is 19.4. The first kappa shape index (κ1) is 23.6. The van der Waals surface area contributed by atoms with Crippen LogP contribution in [0.2, 0.25) is 0 Å². The topological polar surface area (TPSA) is 91.8 Å². The molecule has 182 valence electrons. The number of hydrogen-bond acceptors (Lipinski definition) is 7. The summed E-state index contributed by atoms with van der Waals surface area (Å²) in [4.78, 5) is 47.4. The predicted octanol–water partition coefficient (Wildman–Crippen LogP) is 4.40. The van der Waals surface area contributed by atoms with Crippen LogP contribution in [0.1, 0.15) is 36.5 Å². The van der Waals surface area contributed by atoms with Gasteiger partial charge in [-0.1, -0.05) is 11.3 Å². The number of aromatic nitrogens is 1. The van der Waals surface area contributed by atoms with E-state index in [4.69, 9.17) is 4.74 Å². The number of rotatable bonds is 6. The van der Waals surface area contributed by atoms with Crippen molar-refractivity contribution in [2.45, 2.75) is 31.1 Å². The number of hydrogen-bond donors (Lipinski definition) is 1. The highest BCUT2D eigenvalue weighted by atomic mass is 32.2. The van der Waals surface area contributed by atoms with Crippen molar-refractivity contribution in [2.24, 2.45) is 0 Å². The molecule has 3 aromatic rings. The van der Waals surface area contributed by atoms with Gasteiger partial charge in [0.2, 0.25) is 11.8 Å². The molecule has 1 saturated heterocycles. The number of carbonyl (C=O) groups excluding carboxylic acids is 3. The number of ether oxygens (including phenoxy) is 1. The Hall–Kier alpha value is -3.11. The molecule has 2 aliphatic rings. The molecule has 8 nitrogen and oxygen atoms in total. The van der Waals surface area contributed by atoms with Crippen LogP contribution in [0.15, 0.2) is 41.3 Å². The molecule has 3 amide bonds. The van der Waals surface area contributed by atoms with Crippen molar-refractivity contribution in [1.29, 1.82) is 0 Å². The normalized spacial score (nSPS) is 15.7. The molecule has 0 unspecified atom stereocenters. The van der Waals surface area contributed by atoms with E-state index in [1.54, 1.807) is 6.07 Å². The van der Waals surface area contributed by atoms with Crippen LogP contribution in [0, 0.1) is 0 Å². The maximum absolute atomic E-state index is 13.0. The van der Waals surface area contributed by atoms with Crippen LogP contribution in [-0.4, -0.2) is 59.6 Å². The van der Waals surface area contributed by atoms with Crippen molar-refractivity contribution in [1.82, 2.24) is 9.88 Å². The Bertz CT molecular complexity index is 1290. The second kappa shape index (κ2) is 10.2. The Morgan fingerprint density at radius 1 is 1.11 bits per heavy atom. The number of benzene rings is 2. The Kier molecular flexibility index (Phi) is 6.92. The van der Waals surface area contributed by atoms with Gasteiger partial charge in [0.05, 0.1) is 28.3 Å². The lowest BCUT2D eigenvalue weighted by Crippen LogP contribution is -2.41. The number of anilines is 2. The lowest BCUT2D eigenvalue weighted by atomic mass is 10.1. The number of carbonyl (C=O) groups is 3. The summed E-state index contributed by atoms with van der Waals surface area (Å²) in [5, 5.41) is 3.29.